The lowest BCUT2D eigenvalue weighted by Crippen LogP contribution is -2.71. The van der Waals surface area contributed by atoms with Crippen LogP contribution in [0.25, 0.3) is 0 Å². The van der Waals surface area contributed by atoms with Gasteiger partial charge < -0.3 is 20.5 Å². The third-order valence-corrected chi connectivity index (χ3v) is 11.5. The summed E-state index contributed by atoms with van der Waals surface area (Å²) >= 11 is 0. The fourth-order valence-electron chi connectivity index (χ4n) is 10.1. The molecule has 32 heavy (non-hydrogen) atoms. The van der Waals surface area contributed by atoms with E-state index >= 15 is 0 Å². The Labute approximate surface area is 193 Å². The molecule has 10 atom stereocenters. The molecular formula is C26H44N2O4. The lowest BCUT2D eigenvalue weighted by molar-refractivity contribution is -0.209. The van der Waals surface area contributed by atoms with Gasteiger partial charge in [0.2, 0.25) is 0 Å². The SMILES string of the molecule is CC1(C)C(N2CCCC2)C/C(=N/O)[C@@]2(C)C1C(CO)C(O)[C@@H]1[C@H]2CC[C@]2(C)C(O)CC[C@@H]12. The van der Waals surface area contributed by atoms with Crippen LogP contribution in [0.2, 0.25) is 0 Å². The molecule has 0 aromatic rings. The summed E-state index contributed by atoms with van der Waals surface area (Å²) in [6, 6.07) is 0.258. The Balaban J connectivity index is 1.61. The first-order valence-corrected chi connectivity index (χ1v) is 13.0. The Hall–Kier alpha value is -0.690. The summed E-state index contributed by atoms with van der Waals surface area (Å²) in [6.45, 7) is 11.2. The fourth-order valence-corrected chi connectivity index (χ4v) is 10.1. The third-order valence-electron chi connectivity index (χ3n) is 11.5. The minimum Gasteiger partial charge on any atom is -0.411 e. The molecule has 5 aliphatic rings. The average molecular weight is 449 g/mol. The van der Waals surface area contributed by atoms with Crippen LogP contribution in [0, 0.1) is 45.8 Å². The molecule has 1 saturated heterocycles. The van der Waals surface area contributed by atoms with Crippen LogP contribution in [-0.2, 0) is 0 Å². The van der Waals surface area contributed by atoms with E-state index < -0.39 is 6.10 Å². The van der Waals surface area contributed by atoms with Gasteiger partial charge >= 0.3 is 0 Å². The van der Waals surface area contributed by atoms with Crippen LogP contribution in [0.3, 0.4) is 0 Å². The number of likely N-dealkylation sites (tertiary alicyclic amines) is 1. The van der Waals surface area contributed by atoms with Crippen LogP contribution in [0.1, 0.15) is 72.6 Å². The van der Waals surface area contributed by atoms with Crippen molar-refractivity contribution in [2.45, 2.75) is 90.9 Å². The van der Waals surface area contributed by atoms with E-state index in [0.717, 1.165) is 50.9 Å². The van der Waals surface area contributed by atoms with Gasteiger partial charge in [-0.05, 0) is 86.1 Å². The molecule has 1 aliphatic heterocycles. The van der Waals surface area contributed by atoms with Crippen LogP contribution in [-0.4, -0.2) is 69.1 Å². The molecule has 5 fully saturated rings. The van der Waals surface area contributed by atoms with E-state index in [-0.39, 0.29) is 64.6 Å². The van der Waals surface area contributed by atoms with Crippen LogP contribution in [0.15, 0.2) is 5.16 Å². The zero-order valence-electron chi connectivity index (χ0n) is 20.4. The Bertz CT molecular complexity index is 765. The van der Waals surface area contributed by atoms with Gasteiger partial charge in [-0.2, -0.15) is 0 Å². The van der Waals surface area contributed by atoms with Crippen molar-refractivity contribution in [1.29, 1.82) is 0 Å². The fraction of sp³-hybridized carbons (Fsp3) is 0.962. The van der Waals surface area contributed by atoms with Crippen molar-refractivity contribution in [2.24, 2.45) is 51.0 Å². The highest BCUT2D eigenvalue weighted by Crippen LogP contribution is 2.69. The normalized spacial score (nSPS) is 54.3. The van der Waals surface area contributed by atoms with Crippen LogP contribution < -0.4 is 0 Å². The van der Waals surface area contributed by atoms with Crippen LogP contribution in [0.5, 0.6) is 0 Å². The first kappa shape index (κ1) is 23.1. The molecule has 6 heteroatoms. The van der Waals surface area contributed by atoms with Crippen molar-refractivity contribution in [3.05, 3.63) is 0 Å². The highest BCUT2D eigenvalue weighted by atomic mass is 16.4. The Kier molecular flexibility index (Phi) is 5.52. The van der Waals surface area contributed by atoms with Crippen molar-refractivity contribution in [3.8, 4) is 0 Å². The highest BCUT2D eigenvalue weighted by molar-refractivity contribution is 5.92. The summed E-state index contributed by atoms with van der Waals surface area (Å²) in [7, 11) is 0. The van der Waals surface area contributed by atoms with Gasteiger partial charge in [0.05, 0.1) is 17.9 Å². The number of aliphatic hydroxyl groups is 3. The summed E-state index contributed by atoms with van der Waals surface area (Å²) in [6.07, 6.45) is 5.89. The van der Waals surface area contributed by atoms with Crippen molar-refractivity contribution in [2.75, 3.05) is 19.7 Å². The molecule has 0 radical (unpaired) electrons. The summed E-state index contributed by atoms with van der Waals surface area (Å²) < 4.78 is 0. The molecule has 1 heterocycles. The highest BCUT2D eigenvalue weighted by Gasteiger charge is 2.70. The van der Waals surface area contributed by atoms with Crippen LogP contribution in [0.4, 0.5) is 0 Å². The molecule has 182 valence electrons. The Morgan fingerprint density at radius 2 is 1.69 bits per heavy atom. The lowest BCUT2D eigenvalue weighted by atomic mass is 9.37. The molecular weight excluding hydrogens is 404 g/mol. The number of oxime groups is 1. The number of fused-ring (bicyclic) bond motifs is 5. The first-order chi connectivity index (χ1) is 15.1. The molecule has 4 N–H and O–H groups in total. The summed E-state index contributed by atoms with van der Waals surface area (Å²) in [4.78, 5) is 2.56. The molecule has 0 bridgehead atoms. The van der Waals surface area contributed by atoms with Gasteiger partial charge in [0.15, 0.2) is 0 Å². The second kappa shape index (κ2) is 7.66. The first-order valence-electron chi connectivity index (χ1n) is 13.0. The van der Waals surface area contributed by atoms with E-state index in [0.29, 0.717) is 0 Å². The summed E-state index contributed by atoms with van der Waals surface area (Å²) in [5.74, 6) is 0.270. The summed E-state index contributed by atoms with van der Waals surface area (Å²) in [5.41, 5.74) is 0.231. The van der Waals surface area contributed by atoms with E-state index in [1.807, 2.05) is 0 Å². The zero-order chi connectivity index (χ0) is 23.1. The quantitative estimate of drug-likeness (QED) is 0.384. The Morgan fingerprint density at radius 3 is 2.31 bits per heavy atom. The van der Waals surface area contributed by atoms with Crippen molar-refractivity contribution in [1.82, 2.24) is 4.90 Å². The molecule has 4 aliphatic carbocycles. The number of hydrogen-bond acceptors (Lipinski definition) is 6. The van der Waals surface area contributed by atoms with Gasteiger partial charge in [-0.1, -0.05) is 32.9 Å². The number of nitrogens with zero attached hydrogens (tertiary/aromatic N) is 2. The Morgan fingerprint density at radius 1 is 1.00 bits per heavy atom. The maximum absolute atomic E-state index is 11.9. The van der Waals surface area contributed by atoms with E-state index in [2.05, 4.69) is 37.8 Å². The molecule has 5 rings (SSSR count). The van der Waals surface area contributed by atoms with Crippen molar-refractivity contribution in [3.63, 3.8) is 0 Å². The molecule has 0 spiro atoms. The molecule has 0 aromatic heterocycles. The van der Waals surface area contributed by atoms with Gasteiger partial charge in [0.25, 0.3) is 0 Å². The number of hydrogen-bond donors (Lipinski definition) is 4. The van der Waals surface area contributed by atoms with Gasteiger partial charge in [0.1, 0.15) is 0 Å². The largest absolute Gasteiger partial charge is 0.411 e. The van der Waals surface area contributed by atoms with Crippen LogP contribution >= 0.6 is 0 Å². The van der Waals surface area contributed by atoms with Gasteiger partial charge in [-0.15, -0.1) is 0 Å². The van der Waals surface area contributed by atoms with Gasteiger partial charge in [-0.3, -0.25) is 4.90 Å². The minimum atomic E-state index is -0.588. The lowest BCUT2D eigenvalue weighted by Gasteiger charge is -2.68. The maximum Gasteiger partial charge on any atom is 0.0651 e. The predicted octanol–water partition coefficient (Wildman–Crippen LogP) is 3.12. The topological polar surface area (TPSA) is 96.5 Å². The second-order valence-corrected chi connectivity index (χ2v) is 12.9. The molecule has 0 amide bonds. The van der Waals surface area contributed by atoms with E-state index in [1.165, 1.54) is 12.8 Å². The molecule has 5 unspecified atom stereocenters. The monoisotopic (exact) mass is 448 g/mol. The second-order valence-electron chi connectivity index (χ2n) is 12.9. The average Bonchev–Trinajstić information content (AvgIpc) is 3.38. The maximum atomic E-state index is 11.9. The zero-order valence-corrected chi connectivity index (χ0v) is 20.4. The molecule has 4 saturated carbocycles. The van der Waals surface area contributed by atoms with Crippen molar-refractivity contribution >= 4 is 5.71 Å². The summed E-state index contributed by atoms with van der Waals surface area (Å²) in [5, 5.41) is 47.6. The molecule has 0 aromatic carbocycles. The van der Waals surface area contributed by atoms with Gasteiger partial charge in [-0.25, -0.2) is 0 Å². The van der Waals surface area contributed by atoms with Gasteiger partial charge in [0, 0.05) is 30.4 Å². The van der Waals surface area contributed by atoms with E-state index in [4.69, 9.17) is 0 Å². The standard InChI is InChI=1S/C26H44N2O4/c1-24(2)19(28-11-5-6-12-28)13-18(27-32)26(4)17-9-10-25(3)16(7-8-20(25)30)21(17)22(31)15(14-29)23(24)26/h15-17,19-23,29-32H,5-14H2,1-4H3/b27-18-/t15?,16-,17+,19?,20?,21-,22?,23?,25-,26-/m0/s1. The van der Waals surface area contributed by atoms with Crippen molar-refractivity contribution < 1.29 is 20.5 Å². The van der Waals surface area contributed by atoms with E-state index in [1.54, 1.807) is 0 Å². The number of aliphatic hydroxyl groups excluding tert-OH is 3. The number of rotatable bonds is 2. The smallest absolute Gasteiger partial charge is 0.0651 e. The molecule has 6 nitrogen and oxygen atoms in total. The minimum absolute atomic E-state index is 0.0280. The third kappa shape index (κ3) is 2.82. The van der Waals surface area contributed by atoms with E-state index in [9.17, 15) is 20.5 Å². The predicted molar refractivity (Wildman–Crippen MR) is 123 cm³/mol.